The summed E-state index contributed by atoms with van der Waals surface area (Å²) >= 11 is 6.11. The summed E-state index contributed by atoms with van der Waals surface area (Å²) in [5, 5.41) is 26.0. The number of hydrogen-bond acceptors (Lipinski definition) is 6. The molecule has 3 heterocycles. The quantitative estimate of drug-likeness (QED) is 0.307. The molecule has 1 amide bonds. The highest BCUT2D eigenvalue weighted by Gasteiger charge is 2.45. The minimum absolute atomic E-state index is 0.0195. The molecule has 0 unspecified atom stereocenters. The first kappa shape index (κ1) is 23.5. The highest BCUT2D eigenvalue weighted by Crippen LogP contribution is 2.49. The van der Waals surface area contributed by atoms with Gasteiger partial charge in [0, 0.05) is 46.8 Å². The Balaban J connectivity index is 1.11. The van der Waals surface area contributed by atoms with Crippen LogP contribution in [0.4, 0.5) is 11.5 Å². The maximum Gasteiger partial charge on any atom is 0.229 e. The van der Waals surface area contributed by atoms with E-state index in [-0.39, 0.29) is 24.3 Å². The van der Waals surface area contributed by atoms with E-state index in [1.807, 2.05) is 16.7 Å². The van der Waals surface area contributed by atoms with E-state index in [9.17, 15) is 15.2 Å². The van der Waals surface area contributed by atoms with Gasteiger partial charge in [-0.15, -0.1) is 0 Å². The minimum Gasteiger partial charge on any atom is -0.392 e. The molecular formula is C28H25ClN6O2. The molecule has 6 rings (SSSR count). The fourth-order valence-corrected chi connectivity index (χ4v) is 5.06. The van der Waals surface area contributed by atoms with Gasteiger partial charge in [0.1, 0.15) is 11.5 Å². The highest BCUT2D eigenvalue weighted by molar-refractivity contribution is 6.30. The molecule has 2 aliphatic carbocycles. The molecule has 9 heteroatoms. The molecule has 0 saturated heterocycles. The summed E-state index contributed by atoms with van der Waals surface area (Å²) in [6.07, 6.45) is 8.80. The molecule has 0 aliphatic heterocycles. The van der Waals surface area contributed by atoms with Gasteiger partial charge in [-0.25, -0.2) is 9.97 Å². The Labute approximate surface area is 218 Å². The Hall–Kier alpha value is -3.93. The van der Waals surface area contributed by atoms with E-state index in [4.69, 9.17) is 16.6 Å². The second-order valence-corrected chi connectivity index (χ2v) is 10.2. The van der Waals surface area contributed by atoms with Crippen molar-refractivity contribution < 1.29 is 9.90 Å². The van der Waals surface area contributed by atoms with Crippen LogP contribution in [-0.4, -0.2) is 25.4 Å². The minimum atomic E-state index is -0.219. The molecule has 1 aromatic carbocycles. The third-order valence-electron chi connectivity index (χ3n) is 7.06. The first-order chi connectivity index (χ1) is 18.0. The van der Waals surface area contributed by atoms with E-state index in [1.165, 1.54) is 18.4 Å². The number of halogens is 1. The molecule has 2 atom stereocenters. The lowest BCUT2D eigenvalue weighted by atomic mass is 10.0. The standard InChI is InChI=1S/C28H25ClN6O2/c29-20-4-3-17(11-30)23(8-20)24-10-25(24)28(37)34-26-9-21(5-6-31-26)32-12-22-14-35-13-18(16-1-2-16)7-19(15-36)27(35)33-22/h3-9,13-14,16,24-25,36H,1-2,10,12,15H2,(H2,31,32,34,37)/t24-,25+/m0/s1. The summed E-state index contributed by atoms with van der Waals surface area (Å²) in [5.74, 6) is 0.687. The lowest BCUT2D eigenvalue weighted by molar-refractivity contribution is -0.117. The number of imidazole rings is 1. The lowest BCUT2D eigenvalue weighted by Crippen LogP contribution is -2.16. The maximum atomic E-state index is 12.9. The molecule has 2 aliphatic rings. The molecule has 2 saturated carbocycles. The summed E-state index contributed by atoms with van der Waals surface area (Å²) in [6, 6.07) is 13.0. The largest absolute Gasteiger partial charge is 0.392 e. The monoisotopic (exact) mass is 512 g/mol. The van der Waals surface area contributed by atoms with E-state index in [0.717, 1.165) is 28.2 Å². The number of aliphatic hydroxyl groups excluding tert-OH is 1. The van der Waals surface area contributed by atoms with Crippen molar-refractivity contribution >= 4 is 34.7 Å². The number of aromatic nitrogens is 3. The van der Waals surface area contributed by atoms with E-state index < -0.39 is 0 Å². The number of benzene rings is 1. The average molecular weight is 513 g/mol. The number of aliphatic hydroxyl groups is 1. The van der Waals surface area contributed by atoms with Crippen molar-refractivity contribution in [3.05, 3.63) is 88.0 Å². The summed E-state index contributed by atoms with van der Waals surface area (Å²) < 4.78 is 2.00. The predicted molar refractivity (Wildman–Crippen MR) is 140 cm³/mol. The molecule has 0 bridgehead atoms. The number of nitriles is 1. The number of hydrogen-bond donors (Lipinski definition) is 3. The molecule has 186 valence electrons. The number of nitrogens with zero attached hydrogens (tertiary/aromatic N) is 4. The van der Waals surface area contributed by atoms with Gasteiger partial charge < -0.3 is 20.1 Å². The normalized spacial score (nSPS) is 18.4. The number of carbonyl (C=O) groups is 1. The van der Waals surface area contributed by atoms with E-state index in [1.54, 1.807) is 30.5 Å². The molecule has 8 nitrogen and oxygen atoms in total. The van der Waals surface area contributed by atoms with E-state index in [2.05, 4.69) is 33.9 Å². The molecule has 37 heavy (non-hydrogen) atoms. The van der Waals surface area contributed by atoms with Gasteiger partial charge in [-0.05, 0) is 72.6 Å². The molecule has 3 N–H and O–H groups in total. The average Bonchev–Trinajstić information content (AvgIpc) is 3.83. The Morgan fingerprint density at radius 3 is 2.86 bits per heavy atom. The molecule has 0 spiro atoms. The topological polar surface area (TPSA) is 115 Å². The molecule has 0 radical (unpaired) electrons. The van der Waals surface area contributed by atoms with Crippen LogP contribution in [0.25, 0.3) is 5.65 Å². The van der Waals surface area contributed by atoms with Gasteiger partial charge in [-0.2, -0.15) is 5.26 Å². The summed E-state index contributed by atoms with van der Waals surface area (Å²) in [4.78, 5) is 21.8. The molecule has 3 aromatic heterocycles. The van der Waals surface area contributed by atoms with Gasteiger partial charge in [0.2, 0.25) is 5.91 Å². The first-order valence-electron chi connectivity index (χ1n) is 12.3. The maximum absolute atomic E-state index is 12.9. The van der Waals surface area contributed by atoms with Crippen LogP contribution in [0.15, 0.2) is 55.0 Å². The Morgan fingerprint density at radius 2 is 2.08 bits per heavy atom. The van der Waals surface area contributed by atoms with Crippen molar-refractivity contribution in [3.8, 4) is 6.07 Å². The van der Waals surface area contributed by atoms with Gasteiger partial charge in [0.05, 0.1) is 30.5 Å². The number of anilines is 2. The molecular weight excluding hydrogens is 488 g/mol. The lowest BCUT2D eigenvalue weighted by Gasteiger charge is -2.08. The van der Waals surface area contributed by atoms with Crippen LogP contribution < -0.4 is 10.6 Å². The predicted octanol–water partition coefficient (Wildman–Crippen LogP) is 4.98. The summed E-state index contributed by atoms with van der Waals surface area (Å²) in [7, 11) is 0. The third kappa shape index (κ3) is 4.88. The van der Waals surface area contributed by atoms with Crippen molar-refractivity contribution in [2.24, 2.45) is 5.92 Å². The van der Waals surface area contributed by atoms with Crippen molar-refractivity contribution in [1.29, 1.82) is 5.26 Å². The number of amides is 1. The summed E-state index contributed by atoms with van der Waals surface area (Å²) in [5.41, 5.74) is 5.88. The molecule has 4 aromatic rings. The summed E-state index contributed by atoms with van der Waals surface area (Å²) in [6.45, 7) is 0.442. The Kier molecular flexibility index (Phi) is 6.03. The smallest absolute Gasteiger partial charge is 0.229 e. The number of rotatable bonds is 8. The number of nitrogens with one attached hydrogen (secondary N) is 2. The second-order valence-electron chi connectivity index (χ2n) is 9.76. The van der Waals surface area contributed by atoms with E-state index >= 15 is 0 Å². The van der Waals surface area contributed by atoms with Crippen LogP contribution in [0, 0.1) is 17.2 Å². The first-order valence-corrected chi connectivity index (χ1v) is 12.7. The van der Waals surface area contributed by atoms with Gasteiger partial charge in [0.15, 0.2) is 0 Å². The van der Waals surface area contributed by atoms with Gasteiger partial charge >= 0.3 is 0 Å². The van der Waals surface area contributed by atoms with Crippen molar-refractivity contribution in [3.63, 3.8) is 0 Å². The molecule has 2 fully saturated rings. The zero-order chi connectivity index (χ0) is 25.5. The van der Waals surface area contributed by atoms with Crippen molar-refractivity contribution in [2.75, 3.05) is 10.6 Å². The Morgan fingerprint density at radius 1 is 1.22 bits per heavy atom. The fourth-order valence-electron chi connectivity index (χ4n) is 4.88. The van der Waals surface area contributed by atoms with Gasteiger partial charge in [-0.3, -0.25) is 4.79 Å². The zero-order valence-corrected chi connectivity index (χ0v) is 20.7. The van der Waals surface area contributed by atoms with Crippen molar-refractivity contribution in [2.45, 2.75) is 44.2 Å². The van der Waals surface area contributed by atoms with Crippen molar-refractivity contribution in [1.82, 2.24) is 14.4 Å². The van der Waals surface area contributed by atoms with Crippen LogP contribution in [-0.2, 0) is 17.9 Å². The van der Waals surface area contributed by atoms with Crippen LogP contribution in [0.2, 0.25) is 5.02 Å². The fraction of sp³-hybridized carbons (Fsp3) is 0.286. The van der Waals surface area contributed by atoms with Crippen LogP contribution >= 0.6 is 11.6 Å². The van der Waals surface area contributed by atoms with Gasteiger partial charge in [-0.1, -0.05) is 11.6 Å². The second kappa shape index (κ2) is 9.51. The highest BCUT2D eigenvalue weighted by atomic mass is 35.5. The Bertz CT molecular complexity index is 1550. The van der Waals surface area contributed by atoms with Crippen LogP contribution in [0.3, 0.4) is 0 Å². The number of fused-ring (bicyclic) bond motifs is 1. The number of pyridine rings is 2. The van der Waals surface area contributed by atoms with Gasteiger partial charge in [0.25, 0.3) is 0 Å². The zero-order valence-electron chi connectivity index (χ0n) is 20.0. The van der Waals surface area contributed by atoms with Crippen LogP contribution in [0.5, 0.6) is 0 Å². The third-order valence-corrected chi connectivity index (χ3v) is 7.30. The van der Waals surface area contributed by atoms with E-state index in [0.29, 0.717) is 35.3 Å². The van der Waals surface area contributed by atoms with Crippen LogP contribution in [0.1, 0.15) is 59.0 Å². The number of carbonyl (C=O) groups excluding carboxylic acids is 1. The SMILES string of the molecule is N#Cc1ccc(Cl)cc1[C@@H]1C[C@H]1C(=O)Nc1cc(NCc2cn3cc(C4CC4)cc(CO)c3n2)ccn1.